The van der Waals surface area contributed by atoms with E-state index in [1.165, 1.54) is 0 Å². The van der Waals surface area contributed by atoms with Crippen LogP contribution >= 0.6 is 0 Å². The van der Waals surface area contributed by atoms with Crippen molar-refractivity contribution in [3.63, 3.8) is 0 Å². The van der Waals surface area contributed by atoms with Crippen LogP contribution in [-0.2, 0) is 25.3 Å². The van der Waals surface area contributed by atoms with E-state index in [1.54, 1.807) is 0 Å². The molecule has 2 heterocycles. The second kappa shape index (κ2) is 12.2. The van der Waals surface area contributed by atoms with E-state index in [9.17, 15) is 22.2 Å². The van der Waals surface area contributed by atoms with Crippen LogP contribution in [0.1, 0.15) is 91.4 Å². The number of esters is 1. The first-order chi connectivity index (χ1) is 14.9. The van der Waals surface area contributed by atoms with Gasteiger partial charge in [-0.2, -0.15) is 13.2 Å². The van der Waals surface area contributed by atoms with Gasteiger partial charge in [-0.25, -0.2) is 8.51 Å². The summed E-state index contributed by atoms with van der Waals surface area (Å²) in [6, 6.07) is 0. The molecule has 1 atom stereocenters. The molecule has 32 heavy (non-hydrogen) atoms. The molecule has 2 aliphatic heterocycles. The minimum atomic E-state index is -4.04. The van der Waals surface area contributed by atoms with E-state index in [2.05, 4.69) is 0 Å². The highest BCUT2D eigenvalue weighted by Gasteiger charge is 2.51. The Labute approximate surface area is 193 Å². The lowest BCUT2D eigenvalue weighted by molar-refractivity contribution is -0.160. The lowest BCUT2D eigenvalue weighted by Crippen LogP contribution is -2.55. The Hall–Kier alpha value is -0.670. The third kappa shape index (κ3) is 8.93. The van der Waals surface area contributed by atoms with E-state index in [1.807, 2.05) is 25.1 Å². The van der Waals surface area contributed by atoms with Crippen LogP contribution in [0.4, 0.5) is 13.2 Å². The van der Waals surface area contributed by atoms with Gasteiger partial charge >= 0.3 is 12.1 Å². The number of alkyl halides is 3. The molecule has 0 aromatic heterocycles. The number of hydrogen-bond acceptors (Lipinski definition) is 4. The zero-order valence-electron chi connectivity index (χ0n) is 19.8. The number of carbonyl (C=O) groups is 1. The lowest BCUT2D eigenvalue weighted by Gasteiger charge is -2.41. The van der Waals surface area contributed by atoms with Gasteiger partial charge in [0.2, 0.25) is 0 Å². The van der Waals surface area contributed by atoms with E-state index in [0.29, 0.717) is 51.5 Å². The molecule has 0 amide bonds. The van der Waals surface area contributed by atoms with Crippen LogP contribution in [0, 0.1) is 5.92 Å². The van der Waals surface area contributed by atoms with Crippen LogP contribution in [0.2, 0.25) is 0 Å². The van der Waals surface area contributed by atoms with Gasteiger partial charge in [-0.1, -0.05) is 32.1 Å². The summed E-state index contributed by atoms with van der Waals surface area (Å²) in [5.41, 5.74) is -0.633. The van der Waals surface area contributed by atoms with Crippen LogP contribution in [0.25, 0.3) is 0 Å². The highest BCUT2D eigenvalue weighted by molar-refractivity contribution is 7.85. The minimum Gasteiger partial charge on any atom is -0.459 e. The molecule has 2 fully saturated rings. The number of unbranched alkanes of at least 4 members (excludes halogenated alkanes) is 4. The van der Waals surface area contributed by atoms with Crippen molar-refractivity contribution in [2.45, 2.75) is 108 Å². The van der Waals surface area contributed by atoms with Gasteiger partial charge in [0.15, 0.2) is 4.75 Å². The second-order valence-corrected chi connectivity index (χ2v) is 11.9. The van der Waals surface area contributed by atoms with Gasteiger partial charge in [0.05, 0.1) is 0 Å². The van der Waals surface area contributed by atoms with Crippen molar-refractivity contribution in [3.05, 3.63) is 0 Å². The zero-order chi connectivity index (χ0) is 23.8. The van der Waals surface area contributed by atoms with Gasteiger partial charge in [0.25, 0.3) is 0 Å². The predicted octanol–water partition coefficient (Wildman–Crippen LogP) is 5.55. The summed E-state index contributed by atoms with van der Waals surface area (Å²) in [4.78, 5) is 13.0. The molecule has 2 saturated heterocycles. The maximum atomic E-state index is 13.5. The van der Waals surface area contributed by atoms with Crippen molar-refractivity contribution in [2.75, 3.05) is 26.3 Å². The number of halogens is 3. The van der Waals surface area contributed by atoms with Crippen LogP contribution in [0.3, 0.4) is 0 Å². The lowest BCUT2D eigenvalue weighted by atomic mass is 9.92. The highest BCUT2D eigenvalue weighted by atomic mass is 32.2. The molecule has 188 valence electrons. The minimum absolute atomic E-state index is 0.220. The number of carbonyl (C=O) groups excluding carboxylic acids is 1. The van der Waals surface area contributed by atoms with Gasteiger partial charge in [0, 0.05) is 32.7 Å². The summed E-state index contributed by atoms with van der Waals surface area (Å²) in [5.74, 6) is 0.157. The number of nitrogens with zero attached hydrogens (tertiary/aromatic N) is 1. The molecule has 2 aliphatic rings. The molecule has 0 spiro atoms. The Morgan fingerprint density at radius 1 is 1.03 bits per heavy atom. The molecule has 2 rings (SSSR count). The molecule has 0 saturated carbocycles. The summed E-state index contributed by atoms with van der Waals surface area (Å²) < 4.78 is 62.0. The van der Waals surface area contributed by atoms with Crippen molar-refractivity contribution in [1.29, 1.82) is 0 Å². The normalized spacial score (nSPS) is 21.9. The molecule has 0 aliphatic carbocycles. The van der Waals surface area contributed by atoms with E-state index in [0.717, 1.165) is 38.5 Å². The summed E-state index contributed by atoms with van der Waals surface area (Å²) in [6.45, 7) is 7.66. The van der Waals surface area contributed by atoms with Crippen molar-refractivity contribution < 1.29 is 31.6 Å². The maximum absolute atomic E-state index is 13.5. The third-order valence-corrected chi connectivity index (χ3v) is 8.36. The first-order valence-corrected chi connectivity index (χ1v) is 13.1. The van der Waals surface area contributed by atoms with E-state index in [4.69, 9.17) is 9.47 Å². The van der Waals surface area contributed by atoms with Crippen LogP contribution in [-0.4, -0.2) is 57.3 Å². The molecule has 9 heteroatoms. The van der Waals surface area contributed by atoms with E-state index >= 15 is 0 Å². The molecule has 0 aromatic carbocycles. The van der Waals surface area contributed by atoms with E-state index < -0.39 is 33.9 Å². The number of piperidine rings is 1. The fourth-order valence-electron chi connectivity index (χ4n) is 4.42. The summed E-state index contributed by atoms with van der Waals surface area (Å²) in [6.07, 6.45) is 2.70. The fraction of sp³-hybridized carbons (Fsp3) is 0.957. The average Bonchev–Trinajstić information content (AvgIpc) is 2.71. The molecule has 1 unspecified atom stereocenters. The van der Waals surface area contributed by atoms with Crippen LogP contribution in [0.15, 0.2) is 0 Å². The summed E-state index contributed by atoms with van der Waals surface area (Å²) in [7, 11) is -1.46. The maximum Gasteiger partial charge on any atom is 0.389 e. The third-order valence-electron chi connectivity index (χ3n) is 6.29. The van der Waals surface area contributed by atoms with Crippen LogP contribution in [0.5, 0.6) is 0 Å². The first kappa shape index (κ1) is 27.6. The van der Waals surface area contributed by atoms with Crippen molar-refractivity contribution in [3.8, 4) is 0 Å². The van der Waals surface area contributed by atoms with Gasteiger partial charge < -0.3 is 9.47 Å². The largest absolute Gasteiger partial charge is 0.459 e. The topological polar surface area (TPSA) is 55.8 Å². The van der Waals surface area contributed by atoms with Crippen molar-refractivity contribution >= 4 is 17.0 Å². The van der Waals surface area contributed by atoms with E-state index in [-0.39, 0.29) is 12.4 Å². The average molecular weight is 484 g/mol. The molecule has 0 radical (unpaired) electrons. The Balaban J connectivity index is 1.76. The Morgan fingerprint density at radius 2 is 1.59 bits per heavy atom. The van der Waals surface area contributed by atoms with Crippen molar-refractivity contribution in [2.24, 2.45) is 5.92 Å². The molecule has 0 N–H and O–H groups in total. The number of rotatable bonds is 10. The molecule has 5 nitrogen and oxygen atoms in total. The van der Waals surface area contributed by atoms with Gasteiger partial charge in [-0.05, 0) is 58.8 Å². The molecule has 0 bridgehead atoms. The van der Waals surface area contributed by atoms with Gasteiger partial charge in [0.1, 0.15) is 16.6 Å². The Bertz CT molecular complexity index is 607. The predicted molar refractivity (Wildman–Crippen MR) is 119 cm³/mol. The molecular formula is C23H40F3NO4S. The van der Waals surface area contributed by atoms with Crippen LogP contribution < -0.4 is 0 Å². The summed E-state index contributed by atoms with van der Waals surface area (Å²) >= 11 is 0. The monoisotopic (exact) mass is 483 g/mol. The zero-order valence-corrected chi connectivity index (χ0v) is 20.6. The number of ether oxygens (including phenoxy) is 2. The summed E-state index contributed by atoms with van der Waals surface area (Å²) in [5, 5.41) is 0. The first-order valence-electron chi connectivity index (χ1n) is 12.0. The van der Waals surface area contributed by atoms with Gasteiger partial charge in [-0.3, -0.25) is 4.79 Å². The van der Waals surface area contributed by atoms with Gasteiger partial charge in [-0.15, -0.1) is 0 Å². The smallest absolute Gasteiger partial charge is 0.389 e. The van der Waals surface area contributed by atoms with Crippen molar-refractivity contribution in [1.82, 2.24) is 4.31 Å². The Morgan fingerprint density at radius 3 is 2.16 bits per heavy atom. The number of hydrogen-bond donors (Lipinski definition) is 0. The SMILES string of the molecule is CC(C)(C)OC(=O)C1(S(=O)N2CCC(CCCCCCCC(F)(F)F)CC2)CCOCC1. The second-order valence-electron chi connectivity index (χ2n) is 10.2. The fourth-order valence-corrected chi connectivity index (χ4v) is 6.16. The standard InChI is InChI=1S/C23H40F3NO4S/c1-21(2,3)31-20(28)22(13-17-30-18-14-22)32(29)27-15-10-19(11-16-27)9-7-5-4-6-8-12-23(24,25)26/h19H,4-18H2,1-3H3. The molecular weight excluding hydrogens is 443 g/mol. The highest BCUT2D eigenvalue weighted by Crippen LogP contribution is 2.35. The molecule has 0 aromatic rings. The quantitative estimate of drug-likeness (QED) is 0.302. The Kier molecular flexibility index (Phi) is 10.5.